The number of aromatic nitrogens is 3. The number of hydrogen-bond donors (Lipinski definition) is 1. The number of fused-ring (bicyclic) bond motifs is 1. The summed E-state index contributed by atoms with van der Waals surface area (Å²) in [5, 5.41) is 7.93. The molecule has 0 amide bonds. The molecule has 5 heteroatoms. The lowest BCUT2D eigenvalue weighted by molar-refractivity contribution is 0.414. The number of allylic oxidation sites excluding steroid dienone is 1. The number of rotatable bonds is 3. The van der Waals surface area contributed by atoms with Crippen LogP contribution in [-0.4, -0.2) is 21.9 Å². The van der Waals surface area contributed by atoms with Gasteiger partial charge in [-0.05, 0) is 36.3 Å². The minimum atomic E-state index is -0.0106. The molecule has 0 fully saturated rings. The van der Waals surface area contributed by atoms with E-state index in [9.17, 15) is 0 Å². The zero-order chi connectivity index (χ0) is 16.5. The molecule has 3 aromatic rings. The summed E-state index contributed by atoms with van der Waals surface area (Å²) in [5.41, 5.74) is 3.30. The summed E-state index contributed by atoms with van der Waals surface area (Å²) in [6, 6.07) is 18.3. The molecular weight excluding hydrogens is 300 g/mol. The first-order valence-corrected chi connectivity index (χ1v) is 7.86. The first-order valence-electron chi connectivity index (χ1n) is 7.86. The van der Waals surface area contributed by atoms with Crippen LogP contribution >= 0.6 is 0 Å². The highest BCUT2D eigenvalue weighted by Crippen LogP contribution is 2.32. The van der Waals surface area contributed by atoms with Crippen molar-refractivity contribution in [1.29, 1.82) is 0 Å². The highest BCUT2D eigenvalue weighted by Gasteiger charge is 2.24. The predicted octanol–water partition coefficient (Wildman–Crippen LogP) is 3.65. The van der Waals surface area contributed by atoms with E-state index >= 15 is 0 Å². The zero-order valence-corrected chi connectivity index (χ0v) is 13.6. The summed E-state index contributed by atoms with van der Waals surface area (Å²) in [4.78, 5) is 4.51. The molecule has 2 heterocycles. The van der Waals surface area contributed by atoms with Gasteiger partial charge in [-0.1, -0.05) is 42.5 Å². The van der Waals surface area contributed by atoms with Crippen molar-refractivity contribution in [3.8, 4) is 5.75 Å². The fraction of sp³-hybridized carbons (Fsp3) is 0.158. The van der Waals surface area contributed by atoms with E-state index in [4.69, 9.17) is 4.74 Å². The second-order valence-electron chi connectivity index (χ2n) is 5.72. The Balaban J connectivity index is 1.80. The molecule has 1 N–H and O–H groups in total. The molecule has 1 aliphatic rings. The van der Waals surface area contributed by atoms with Gasteiger partial charge >= 0.3 is 0 Å². The summed E-state index contributed by atoms with van der Waals surface area (Å²) >= 11 is 0. The van der Waals surface area contributed by atoms with Gasteiger partial charge in [-0.3, -0.25) is 0 Å². The topological polar surface area (TPSA) is 52.0 Å². The van der Waals surface area contributed by atoms with E-state index in [0.717, 1.165) is 34.3 Å². The fourth-order valence-electron chi connectivity index (χ4n) is 2.92. The van der Waals surface area contributed by atoms with Crippen LogP contribution in [0.1, 0.15) is 23.0 Å². The Morgan fingerprint density at radius 1 is 1.04 bits per heavy atom. The van der Waals surface area contributed by atoms with Crippen molar-refractivity contribution in [1.82, 2.24) is 14.8 Å². The first kappa shape index (κ1) is 14.5. The highest BCUT2D eigenvalue weighted by atomic mass is 16.5. The van der Waals surface area contributed by atoms with E-state index in [1.165, 1.54) is 0 Å². The average Bonchev–Trinajstić information content (AvgIpc) is 3.02. The highest BCUT2D eigenvalue weighted by molar-refractivity contribution is 5.77. The molecule has 0 unspecified atom stereocenters. The van der Waals surface area contributed by atoms with Gasteiger partial charge in [-0.15, -0.1) is 0 Å². The molecule has 2 aromatic carbocycles. The molecule has 24 heavy (non-hydrogen) atoms. The molecule has 0 aliphatic carbocycles. The molecular formula is C19H18N4O. The monoisotopic (exact) mass is 318 g/mol. The minimum Gasteiger partial charge on any atom is -0.497 e. The summed E-state index contributed by atoms with van der Waals surface area (Å²) < 4.78 is 7.18. The van der Waals surface area contributed by atoms with Crippen LogP contribution in [0.5, 0.6) is 5.75 Å². The Morgan fingerprint density at radius 3 is 2.50 bits per heavy atom. The molecule has 120 valence electrons. The van der Waals surface area contributed by atoms with E-state index in [1.54, 1.807) is 7.11 Å². The maximum absolute atomic E-state index is 5.26. The number of benzene rings is 2. The van der Waals surface area contributed by atoms with E-state index in [0.29, 0.717) is 0 Å². The van der Waals surface area contributed by atoms with Gasteiger partial charge in [0.2, 0.25) is 5.95 Å². The third-order valence-electron chi connectivity index (χ3n) is 4.11. The molecule has 0 saturated heterocycles. The van der Waals surface area contributed by atoms with E-state index in [1.807, 2.05) is 41.9 Å². The molecule has 1 atom stereocenters. The molecule has 4 rings (SSSR count). The van der Waals surface area contributed by atoms with Crippen molar-refractivity contribution < 1.29 is 4.74 Å². The summed E-state index contributed by atoms with van der Waals surface area (Å²) in [5.74, 6) is 2.35. The normalized spacial score (nSPS) is 16.1. The van der Waals surface area contributed by atoms with Gasteiger partial charge in [0.15, 0.2) is 0 Å². The van der Waals surface area contributed by atoms with Gasteiger partial charge in [-0.2, -0.15) is 10.1 Å². The lowest BCUT2D eigenvalue weighted by atomic mass is 10.0. The van der Waals surface area contributed by atoms with Gasteiger partial charge in [0.1, 0.15) is 17.6 Å². The molecule has 0 spiro atoms. The number of ether oxygens (including phenoxy) is 1. The number of aryl methyl sites for hydroxylation is 1. The largest absolute Gasteiger partial charge is 0.497 e. The van der Waals surface area contributed by atoms with Crippen molar-refractivity contribution in [3.63, 3.8) is 0 Å². The summed E-state index contributed by atoms with van der Waals surface area (Å²) in [6.45, 7) is 1.90. The van der Waals surface area contributed by atoms with Crippen LogP contribution in [0.25, 0.3) is 5.70 Å². The third-order valence-corrected chi connectivity index (χ3v) is 4.11. The van der Waals surface area contributed by atoms with Crippen LogP contribution in [0.15, 0.2) is 60.7 Å². The second-order valence-corrected chi connectivity index (χ2v) is 5.72. The third kappa shape index (κ3) is 2.54. The van der Waals surface area contributed by atoms with Crippen LogP contribution in [-0.2, 0) is 0 Å². The number of hydrogen-bond acceptors (Lipinski definition) is 4. The number of anilines is 1. The summed E-state index contributed by atoms with van der Waals surface area (Å²) in [6.07, 6.45) is 2.18. The Kier molecular flexibility index (Phi) is 3.54. The van der Waals surface area contributed by atoms with E-state index in [2.05, 4.69) is 45.7 Å². The minimum absolute atomic E-state index is 0.0106. The van der Waals surface area contributed by atoms with Crippen LogP contribution in [0.2, 0.25) is 0 Å². The second kappa shape index (κ2) is 5.85. The Morgan fingerprint density at radius 2 is 1.79 bits per heavy atom. The van der Waals surface area contributed by atoms with Gasteiger partial charge in [0, 0.05) is 5.70 Å². The van der Waals surface area contributed by atoms with Crippen LogP contribution in [0.3, 0.4) is 0 Å². The maximum Gasteiger partial charge on any atom is 0.226 e. The van der Waals surface area contributed by atoms with E-state index < -0.39 is 0 Å². The predicted molar refractivity (Wildman–Crippen MR) is 93.9 cm³/mol. The van der Waals surface area contributed by atoms with Gasteiger partial charge in [0.25, 0.3) is 0 Å². The number of nitrogens with one attached hydrogen (secondary N) is 1. The fourth-order valence-corrected chi connectivity index (χ4v) is 2.92. The van der Waals surface area contributed by atoms with Crippen molar-refractivity contribution in [2.45, 2.75) is 13.0 Å². The van der Waals surface area contributed by atoms with Crippen molar-refractivity contribution in [2.24, 2.45) is 0 Å². The molecule has 0 saturated carbocycles. The van der Waals surface area contributed by atoms with Gasteiger partial charge < -0.3 is 10.1 Å². The summed E-state index contributed by atoms with van der Waals surface area (Å²) in [7, 11) is 1.67. The SMILES string of the molecule is COc1ccc([C@@H]2C=C(c3ccccc3)Nc3nc(C)nn32)cc1. The van der Waals surface area contributed by atoms with Crippen LogP contribution < -0.4 is 10.1 Å². The molecule has 5 nitrogen and oxygen atoms in total. The maximum atomic E-state index is 5.26. The zero-order valence-electron chi connectivity index (χ0n) is 13.6. The van der Waals surface area contributed by atoms with Crippen LogP contribution in [0.4, 0.5) is 5.95 Å². The number of methoxy groups -OCH3 is 1. The Hall–Kier alpha value is -3.08. The van der Waals surface area contributed by atoms with Gasteiger partial charge in [0.05, 0.1) is 7.11 Å². The molecule has 1 aliphatic heterocycles. The van der Waals surface area contributed by atoms with Crippen LogP contribution in [0, 0.1) is 6.92 Å². The molecule has 0 bridgehead atoms. The standard InChI is InChI=1S/C19H18N4O/c1-13-20-19-21-17(14-6-4-3-5-7-14)12-18(23(19)22-13)15-8-10-16(24-2)11-9-15/h3-12,18H,1-2H3,(H,20,21,22)/t18-/m0/s1. The smallest absolute Gasteiger partial charge is 0.226 e. The lowest BCUT2D eigenvalue weighted by Crippen LogP contribution is -2.20. The molecule has 0 radical (unpaired) electrons. The van der Waals surface area contributed by atoms with Crippen molar-refractivity contribution >= 4 is 11.6 Å². The van der Waals surface area contributed by atoms with E-state index in [-0.39, 0.29) is 6.04 Å². The number of nitrogens with zero attached hydrogens (tertiary/aromatic N) is 3. The average molecular weight is 318 g/mol. The Bertz CT molecular complexity index is 881. The van der Waals surface area contributed by atoms with Crippen molar-refractivity contribution in [2.75, 3.05) is 12.4 Å². The Labute approximate surface area is 140 Å². The molecule has 1 aromatic heterocycles. The lowest BCUT2D eigenvalue weighted by Gasteiger charge is -2.24. The first-order chi connectivity index (χ1) is 11.7. The quantitative estimate of drug-likeness (QED) is 0.801. The van der Waals surface area contributed by atoms with Crippen molar-refractivity contribution in [3.05, 3.63) is 77.6 Å². The van der Waals surface area contributed by atoms with Gasteiger partial charge in [-0.25, -0.2) is 4.68 Å².